The van der Waals surface area contributed by atoms with E-state index in [1.165, 1.54) is 7.11 Å². The van der Waals surface area contributed by atoms with Crippen LogP contribution in [0.2, 0.25) is 0 Å². The summed E-state index contributed by atoms with van der Waals surface area (Å²) in [5.74, 6) is 0.215. The van der Waals surface area contributed by atoms with Gasteiger partial charge in [-0.15, -0.1) is 0 Å². The highest BCUT2D eigenvalue weighted by Gasteiger charge is 2.21. The van der Waals surface area contributed by atoms with Gasteiger partial charge in [0.25, 0.3) is 0 Å². The minimum absolute atomic E-state index is 0.0224. The van der Waals surface area contributed by atoms with E-state index in [2.05, 4.69) is 26.6 Å². The molecule has 6 heteroatoms. The van der Waals surface area contributed by atoms with Gasteiger partial charge in [0.2, 0.25) is 5.91 Å². The molecule has 2 unspecified atom stereocenters. The first kappa shape index (κ1) is 17.9. The number of carbonyl (C=O) groups excluding carboxylic acids is 2. The molecule has 0 radical (unpaired) electrons. The van der Waals surface area contributed by atoms with Crippen LogP contribution in [0, 0.1) is 5.92 Å². The van der Waals surface area contributed by atoms with E-state index in [1.807, 2.05) is 24.3 Å². The largest absolute Gasteiger partial charge is 0.469 e. The molecule has 2 N–H and O–H groups in total. The molecule has 5 nitrogen and oxygen atoms in total. The molecule has 126 valence electrons. The summed E-state index contributed by atoms with van der Waals surface area (Å²) in [6, 6.07) is 7.25. The second-order valence-electron chi connectivity index (χ2n) is 5.85. The van der Waals surface area contributed by atoms with Crippen LogP contribution in [0.25, 0.3) is 0 Å². The number of hydrogen-bond donors (Lipinski definition) is 2. The van der Waals surface area contributed by atoms with E-state index in [9.17, 15) is 9.59 Å². The first-order valence-corrected chi connectivity index (χ1v) is 8.70. The van der Waals surface area contributed by atoms with E-state index >= 15 is 0 Å². The Labute approximate surface area is 145 Å². The maximum Gasteiger partial charge on any atom is 0.307 e. The third kappa shape index (κ3) is 5.95. The van der Waals surface area contributed by atoms with E-state index in [4.69, 9.17) is 4.74 Å². The molecule has 1 amide bonds. The van der Waals surface area contributed by atoms with Gasteiger partial charge in [0.1, 0.15) is 0 Å². The second-order valence-corrected chi connectivity index (χ2v) is 6.77. The molecule has 1 saturated heterocycles. The van der Waals surface area contributed by atoms with Crippen molar-refractivity contribution in [1.82, 2.24) is 10.6 Å². The Bertz CT molecular complexity index is 544. The van der Waals surface area contributed by atoms with Gasteiger partial charge in [0.15, 0.2) is 0 Å². The fraction of sp³-hybridized carbons (Fsp3) is 0.529. The van der Waals surface area contributed by atoms with Crippen LogP contribution in [0.1, 0.15) is 37.3 Å². The molecule has 0 spiro atoms. The summed E-state index contributed by atoms with van der Waals surface area (Å²) in [6.45, 7) is 2.03. The van der Waals surface area contributed by atoms with E-state index < -0.39 is 0 Å². The number of amides is 1. The predicted molar refractivity (Wildman–Crippen MR) is 91.9 cm³/mol. The lowest BCUT2D eigenvalue weighted by Gasteiger charge is -2.19. The standard InChI is InChI=1S/C17H23BrN2O3/c1-23-17(22)10-15(13-3-2-4-14(18)9-13)20-16(21)6-5-12-7-8-19-11-12/h2-4,9,12,15,19H,5-8,10-11H2,1H3,(H,20,21). The van der Waals surface area contributed by atoms with Crippen molar-refractivity contribution in [2.24, 2.45) is 5.92 Å². The van der Waals surface area contributed by atoms with Crippen LogP contribution in [0.5, 0.6) is 0 Å². The van der Waals surface area contributed by atoms with Crippen LogP contribution in [0.15, 0.2) is 28.7 Å². The van der Waals surface area contributed by atoms with E-state index in [0.717, 1.165) is 36.0 Å². The lowest BCUT2D eigenvalue weighted by molar-refractivity contribution is -0.141. The van der Waals surface area contributed by atoms with Gasteiger partial charge in [0.05, 0.1) is 19.6 Å². The van der Waals surface area contributed by atoms with E-state index in [-0.39, 0.29) is 24.3 Å². The third-order valence-electron chi connectivity index (χ3n) is 4.13. The zero-order chi connectivity index (χ0) is 16.7. The van der Waals surface area contributed by atoms with Crippen LogP contribution in [-0.4, -0.2) is 32.1 Å². The highest BCUT2D eigenvalue weighted by molar-refractivity contribution is 9.10. The first-order chi connectivity index (χ1) is 11.1. The Hall–Kier alpha value is -1.40. The van der Waals surface area contributed by atoms with Crippen molar-refractivity contribution in [3.8, 4) is 0 Å². The highest BCUT2D eigenvalue weighted by Crippen LogP contribution is 2.22. The maximum absolute atomic E-state index is 12.2. The Morgan fingerprint density at radius 3 is 2.96 bits per heavy atom. The normalized spacial score (nSPS) is 18.4. The van der Waals surface area contributed by atoms with Gasteiger partial charge in [-0.2, -0.15) is 0 Å². The Morgan fingerprint density at radius 2 is 2.30 bits per heavy atom. The lowest BCUT2D eigenvalue weighted by atomic mass is 10.0. The van der Waals surface area contributed by atoms with Gasteiger partial charge in [-0.3, -0.25) is 9.59 Å². The average molecular weight is 383 g/mol. The molecule has 2 rings (SSSR count). The molecule has 1 heterocycles. The van der Waals surface area contributed by atoms with Gasteiger partial charge in [0, 0.05) is 10.9 Å². The molecule has 1 aliphatic rings. The van der Waals surface area contributed by atoms with Crippen molar-refractivity contribution < 1.29 is 14.3 Å². The number of ether oxygens (including phenoxy) is 1. The Kier molecular flexibility index (Phi) is 7.05. The minimum Gasteiger partial charge on any atom is -0.469 e. The lowest BCUT2D eigenvalue weighted by Crippen LogP contribution is -2.30. The molecule has 0 aliphatic carbocycles. The number of benzene rings is 1. The minimum atomic E-state index is -0.367. The topological polar surface area (TPSA) is 67.4 Å². The molecular formula is C17H23BrN2O3. The maximum atomic E-state index is 12.2. The van der Waals surface area contributed by atoms with E-state index in [0.29, 0.717) is 12.3 Å². The molecule has 1 aromatic rings. The molecule has 1 aliphatic heterocycles. The molecule has 0 saturated carbocycles. The molecule has 0 aromatic heterocycles. The third-order valence-corrected chi connectivity index (χ3v) is 4.62. The van der Waals surface area contributed by atoms with Crippen molar-refractivity contribution >= 4 is 27.8 Å². The summed E-state index contributed by atoms with van der Waals surface area (Å²) in [4.78, 5) is 23.9. The van der Waals surface area contributed by atoms with Gasteiger partial charge in [-0.25, -0.2) is 0 Å². The van der Waals surface area contributed by atoms with Crippen LogP contribution >= 0.6 is 15.9 Å². The molecule has 2 atom stereocenters. The zero-order valence-electron chi connectivity index (χ0n) is 13.3. The van der Waals surface area contributed by atoms with Crippen molar-refractivity contribution in [3.05, 3.63) is 34.3 Å². The number of esters is 1. The van der Waals surface area contributed by atoms with Gasteiger partial charge in [-0.1, -0.05) is 28.1 Å². The second kappa shape index (κ2) is 9.03. The summed E-state index contributed by atoms with van der Waals surface area (Å²) in [5, 5.41) is 6.27. The van der Waals surface area contributed by atoms with Crippen LogP contribution in [0.3, 0.4) is 0 Å². The van der Waals surface area contributed by atoms with Gasteiger partial charge in [-0.05, 0) is 49.5 Å². The number of carbonyl (C=O) groups is 2. The summed E-state index contributed by atoms with van der Waals surface area (Å²) in [5.41, 5.74) is 0.889. The van der Waals surface area contributed by atoms with Crippen LogP contribution in [-0.2, 0) is 14.3 Å². The van der Waals surface area contributed by atoms with Gasteiger partial charge >= 0.3 is 5.97 Å². The number of methoxy groups -OCH3 is 1. The van der Waals surface area contributed by atoms with Crippen molar-refractivity contribution in [2.75, 3.05) is 20.2 Å². The van der Waals surface area contributed by atoms with Crippen molar-refractivity contribution in [3.63, 3.8) is 0 Å². The fourth-order valence-electron chi connectivity index (χ4n) is 2.79. The number of hydrogen-bond acceptors (Lipinski definition) is 4. The monoisotopic (exact) mass is 382 g/mol. The van der Waals surface area contributed by atoms with Crippen LogP contribution < -0.4 is 10.6 Å². The number of halogens is 1. The van der Waals surface area contributed by atoms with Crippen LogP contribution in [0.4, 0.5) is 0 Å². The molecule has 1 aromatic carbocycles. The number of rotatable bonds is 7. The Morgan fingerprint density at radius 1 is 1.48 bits per heavy atom. The smallest absolute Gasteiger partial charge is 0.307 e. The molecular weight excluding hydrogens is 360 g/mol. The molecule has 1 fully saturated rings. The van der Waals surface area contributed by atoms with Crippen molar-refractivity contribution in [2.45, 2.75) is 31.7 Å². The molecule has 23 heavy (non-hydrogen) atoms. The highest BCUT2D eigenvalue weighted by atomic mass is 79.9. The zero-order valence-corrected chi connectivity index (χ0v) is 14.9. The summed E-state index contributed by atoms with van der Waals surface area (Å²) < 4.78 is 5.66. The predicted octanol–water partition coefficient (Wildman–Crippen LogP) is 2.56. The summed E-state index contributed by atoms with van der Waals surface area (Å²) >= 11 is 3.42. The SMILES string of the molecule is COC(=O)CC(NC(=O)CCC1CCNC1)c1cccc(Br)c1. The fourth-order valence-corrected chi connectivity index (χ4v) is 3.21. The number of nitrogens with one attached hydrogen (secondary N) is 2. The average Bonchev–Trinajstić information content (AvgIpc) is 3.05. The summed E-state index contributed by atoms with van der Waals surface area (Å²) in [7, 11) is 1.36. The first-order valence-electron chi connectivity index (χ1n) is 7.91. The van der Waals surface area contributed by atoms with E-state index in [1.54, 1.807) is 0 Å². The van der Waals surface area contributed by atoms with Crippen molar-refractivity contribution in [1.29, 1.82) is 0 Å². The summed E-state index contributed by atoms with van der Waals surface area (Å²) in [6.07, 6.45) is 2.62. The van der Waals surface area contributed by atoms with Gasteiger partial charge < -0.3 is 15.4 Å². The Balaban J connectivity index is 1.95. The quantitative estimate of drug-likeness (QED) is 0.711. The molecule has 0 bridgehead atoms.